The Morgan fingerprint density at radius 2 is 1.53 bits per heavy atom. The van der Waals surface area contributed by atoms with Crippen LogP contribution in [0.1, 0.15) is 27.7 Å². The Morgan fingerprint density at radius 3 is 1.80 bits per heavy atom. The lowest BCUT2D eigenvalue weighted by Gasteiger charge is -2.26. The van der Waals surface area contributed by atoms with Crippen molar-refractivity contribution in [3.63, 3.8) is 0 Å². The summed E-state index contributed by atoms with van der Waals surface area (Å²) in [5.74, 6) is -1.24. The molecule has 0 spiro atoms. The molecule has 0 saturated carbocycles. The summed E-state index contributed by atoms with van der Waals surface area (Å²) in [7, 11) is -2.09. The first-order valence-electron chi connectivity index (χ1n) is 4.95. The summed E-state index contributed by atoms with van der Waals surface area (Å²) in [5, 5.41) is 9.63. The van der Waals surface area contributed by atoms with Crippen molar-refractivity contribution in [3.05, 3.63) is 0 Å². The SMILES string of the molecule is COC[C@@H](O)P(=O)(OC(C)C)OC(C)C. The fourth-order valence-corrected chi connectivity index (χ4v) is 2.83. The summed E-state index contributed by atoms with van der Waals surface area (Å²) in [6, 6.07) is 0. The lowest BCUT2D eigenvalue weighted by molar-refractivity contribution is 0.0595. The molecule has 15 heavy (non-hydrogen) atoms. The third-order valence-corrected chi connectivity index (χ3v) is 3.71. The highest BCUT2D eigenvalue weighted by molar-refractivity contribution is 7.54. The summed E-state index contributed by atoms with van der Waals surface area (Å²) in [6.45, 7) is 6.86. The van der Waals surface area contributed by atoms with Crippen LogP contribution in [0.5, 0.6) is 0 Å². The smallest absolute Gasteiger partial charge is 0.361 e. The van der Waals surface area contributed by atoms with Gasteiger partial charge in [-0.2, -0.15) is 0 Å². The van der Waals surface area contributed by atoms with E-state index in [4.69, 9.17) is 13.8 Å². The first kappa shape index (κ1) is 15.1. The van der Waals surface area contributed by atoms with Gasteiger partial charge in [0.25, 0.3) is 0 Å². The molecule has 0 unspecified atom stereocenters. The molecule has 6 heteroatoms. The summed E-state index contributed by atoms with van der Waals surface area (Å²) in [5.41, 5.74) is 0. The number of hydrogen-bond donors (Lipinski definition) is 1. The second-order valence-electron chi connectivity index (χ2n) is 3.78. The maximum Gasteiger partial charge on any atom is 0.361 e. The second-order valence-corrected chi connectivity index (χ2v) is 5.88. The van der Waals surface area contributed by atoms with Gasteiger partial charge in [-0.3, -0.25) is 4.57 Å². The van der Waals surface area contributed by atoms with Crippen molar-refractivity contribution in [2.45, 2.75) is 45.7 Å². The van der Waals surface area contributed by atoms with Gasteiger partial charge in [-0.05, 0) is 27.7 Å². The zero-order valence-corrected chi connectivity index (χ0v) is 10.9. The first-order chi connectivity index (χ1) is 6.81. The van der Waals surface area contributed by atoms with E-state index in [2.05, 4.69) is 0 Å². The van der Waals surface area contributed by atoms with E-state index < -0.39 is 13.4 Å². The van der Waals surface area contributed by atoms with E-state index in [0.717, 1.165) is 0 Å². The molecule has 5 nitrogen and oxygen atoms in total. The molecule has 0 amide bonds. The van der Waals surface area contributed by atoms with Crippen LogP contribution in [0.4, 0.5) is 0 Å². The lowest BCUT2D eigenvalue weighted by atomic mass is 10.5. The van der Waals surface area contributed by atoms with E-state index in [-0.39, 0.29) is 18.8 Å². The molecule has 0 aliphatic carbocycles. The Balaban J connectivity index is 4.60. The number of rotatable bonds is 7. The summed E-state index contributed by atoms with van der Waals surface area (Å²) in [6.07, 6.45) is -0.554. The van der Waals surface area contributed by atoms with Crippen LogP contribution >= 0.6 is 7.60 Å². The minimum Gasteiger partial charge on any atom is -0.381 e. The molecule has 0 aromatic heterocycles. The van der Waals surface area contributed by atoms with E-state index in [1.54, 1.807) is 27.7 Å². The maximum absolute atomic E-state index is 12.1. The van der Waals surface area contributed by atoms with Crippen molar-refractivity contribution >= 4 is 7.60 Å². The minimum atomic E-state index is -3.51. The normalized spacial score (nSPS) is 14.9. The van der Waals surface area contributed by atoms with Gasteiger partial charge in [-0.1, -0.05) is 0 Å². The number of ether oxygens (including phenoxy) is 1. The number of hydrogen-bond acceptors (Lipinski definition) is 5. The quantitative estimate of drug-likeness (QED) is 0.689. The van der Waals surface area contributed by atoms with Gasteiger partial charge >= 0.3 is 7.60 Å². The Labute approximate surface area is 91.3 Å². The molecule has 0 rings (SSSR count). The van der Waals surface area contributed by atoms with Gasteiger partial charge in [0.15, 0.2) is 5.85 Å². The highest BCUT2D eigenvalue weighted by atomic mass is 31.2. The molecule has 0 aromatic rings. The summed E-state index contributed by atoms with van der Waals surface area (Å²) in [4.78, 5) is 0. The summed E-state index contributed by atoms with van der Waals surface area (Å²) >= 11 is 0. The van der Waals surface area contributed by atoms with Crippen LogP contribution in [0.25, 0.3) is 0 Å². The average Bonchev–Trinajstić information content (AvgIpc) is 2.01. The highest BCUT2D eigenvalue weighted by Gasteiger charge is 2.36. The van der Waals surface area contributed by atoms with Crippen LogP contribution < -0.4 is 0 Å². The predicted octanol–water partition coefficient (Wildman–Crippen LogP) is 1.99. The van der Waals surface area contributed by atoms with E-state index in [1.807, 2.05) is 0 Å². The molecule has 0 aromatic carbocycles. The molecule has 1 N–H and O–H groups in total. The Kier molecular flexibility index (Phi) is 6.64. The first-order valence-corrected chi connectivity index (χ1v) is 6.56. The molecule has 0 aliphatic heterocycles. The van der Waals surface area contributed by atoms with Crippen molar-refractivity contribution in [1.82, 2.24) is 0 Å². The Morgan fingerprint density at radius 1 is 1.13 bits per heavy atom. The van der Waals surface area contributed by atoms with Crippen molar-refractivity contribution < 1.29 is 23.5 Å². The van der Waals surface area contributed by atoms with Gasteiger partial charge in [0, 0.05) is 7.11 Å². The monoisotopic (exact) mass is 240 g/mol. The van der Waals surface area contributed by atoms with Crippen LogP contribution in [-0.4, -0.2) is 36.9 Å². The van der Waals surface area contributed by atoms with Crippen molar-refractivity contribution in [1.29, 1.82) is 0 Å². The van der Waals surface area contributed by atoms with Crippen molar-refractivity contribution in [3.8, 4) is 0 Å². The molecule has 92 valence electrons. The topological polar surface area (TPSA) is 65.0 Å². The average molecular weight is 240 g/mol. The predicted molar refractivity (Wildman–Crippen MR) is 57.9 cm³/mol. The Bertz CT molecular complexity index is 203. The second kappa shape index (κ2) is 6.61. The minimum absolute atomic E-state index is 0.0727. The molecule has 0 bridgehead atoms. The van der Waals surface area contributed by atoms with Crippen LogP contribution in [0.2, 0.25) is 0 Å². The van der Waals surface area contributed by atoms with E-state index in [0.29, 0.717) is 0 Å². The summed E-state index contributed by atoms with van der Waals surface area (Å²) < 4.78 is 27.2. The van der Waals surface area contributed by atoms with Crippen molar-refractivity contribution in [2.24, 2.45) is 0 Å². The molecule has 0 heterocycles. The number of methoxy groups -OCH3 is 1. The van der Waals surface area contributed by atoms with Gasteiger partial charge in [0.05, 0.1) is 18.8 Å². The van der Waals surface area contributed by atoms with Crippen LogP contribution in [0.3, 0.4) is 0 Å². The van der Waals surface area contributed by atoms with Gasteiger partial charge in [-0.25, -0.2) is 0 Å². The van der Waals surface area contributed by atoms with Crippen LogP contribution in [0.15, 0.2) is 0 Å². The Hall–Kier alpha value is 0.0700. The molecular weight excluding hydrogens is 219 g/mol. The van der Waals surface area contributed by atoms with E-state index in [9.17, 15) is 9.67 Å². The van der Waals surface area contributed by atoms with E-state index >= 15 is 0 Å². The maximum atomic E-state index is 12.1. The standard InChI is InChI=1S/C9H21O5P/c1-7(2)13-15(11,14-8(3)4)9(10)6-12-5/h7-10H,6H2,1-5H3/t9-/m0/s1. The van der Waals surface area contributed by atoms with Gasteiger partial charge in [-0.15, -0.1) is 0 Å². The van der Waals surface area contributed by atoms with Crippen molar-refractivity contribution in [2.75, 3.05) is 13.7 Å². The fraction of sp³-hybridized carbons (Fsp3) is 1.00. The molecular formula is C9H21O5P. The zero-order chi connectivity index (χ0) is 12.1. The molecule has 0 fully saturated rings. The van der Waals surface area contributed by atoms with E-state index in [1.165, 1.54) is 7.11 Å². The van der Waals surface area contributed by atoms with Crippen LogP contribution in [-0.2, 0) is 18.3 Å². The number of aliphatic hydroxyl groups is 1. The fourth-order valence-electron chi connectivity index (χ4n) is 0.993. The molecule has 0 saturated heterocycles. The molecule has 1 atom stereocenters. The van der Waals surface area contributed by atoms with Crippen LogP contribution in [0, 0.1) is 0 Å². The van der Waals surface area contributed by atoms with Gasteiger partial charge < -0.3 is 18.9 Å². The number of aliphatic hydroxyl groups excluding tert-OH is 1. The zero-order valence-electron chi connectivity index (χ0n) is 9.97. The third-order valence-electron chi connectivity index (χ3n) is 1.40. The lowest BCUT2D eigenvalue weighted by Crippen LogP contribution is -2.21. The molecule has 0 radical (unpaired) electrons. The molecule has 0 aliphatic rings. The largest absolute Gasteiger partial charge is 0.381 e. The van der Waals surface area contributed by atoms with Gasteiger partial charge in [0.2, 0.25) is 0 Å². The highest BCUT2D eigenvalue weighted by Crippen LogP contribution is 2.54. The van der Waals surface area contributed by atoms with Gasteiger partial charge in [0.1, 0.15) is 0 Å². The third kappa shape index (κ3) is 5.64.